The van der Waals surface area contributed by atoms with E-state index in [4.69, 9.17) is 4.52 Å². The van der Waals surface area contributed by atoms with Gasteiger partial charge in [0.1, 0.15) is 5.76 Å². The van der Waals surface area contributed by atoms with E-state index in [0.717, 1.165) is 0 Å². The molecule has 1 atom stereocenters. The Morgan fingerprint density at radius 2 is 2.29 bits per heavy atom. The molecule has 0 bridgehead atoms. The fourth-order valence-electron chi connectivity index (χ4n) is 1.31. The molecule has 1 N–H and O–H groups in total. The van der Waals surface area contributed by atoms with Gasteiger partial charge in [0.25, 0.3) is 0 Å². The van der Waals surface area contributed by atoms with Crippen LogP contribution < -0.4 is 0 Å². The van der Waals surface area contributed by atoms with Gasteiger partial charge < -0.3 is 14.4 Å². The fraction of sp³-hybridized carbons (Fsp3) is 0.556. The first-order valence-corrected chi connectivity index (χ1v) is 4.24. The molecule has 0 unspecified atom stereocenters. The maximum Gasteiger partial charge on any atom is 0.308 e. The number of ether oxygens (including phenoxy) is 1. The topological polar surface area (TPSA) is 72.6 Å². The molecule has 0 spiro atoms. The van der Waals surface area contributed by atoms with E-state index >= 15 is 0 Å². The highest BCUT2D eigenvalue weighted by Gasteiger charge is 2.20. The van der Waals surface area contributed by atoms with E-state index < -0.39 is 12.1 Å². The Balaban J connectivity index is 2.78. The maximum atomic E-state index is 10.9. The van der Waals surface area contributed by atoms with Crippen LogP contribution in [0.25, 0.3) is 0 Å². The number of aromatic nitrogens is 1. The van der Waals surface area contributed by atoms with Gasteiger partial charge in [-0.3, -0.25) is 4.79 Å². The largest absolute Gasteiger partial charge is 0.469 e. The summed E-state index contributed by atoms with van der Waals surface area (Å²) in [6, 6.07) is 0. The zero-order valence-corrected chi connectivity index (χ0v) is 8.40. The van der Waals surface area contributed by atoms with E-state index in [1.807, 2.05) is 0 Å². The summed E-state index contributed by atoms with van der Waals surface area (Å²) in [7, 11) is 1.28. The number of aliphatic hydroxyl groups excluding tert-OH is 1. The third kappa shape index (κ3) is 2.11. The van der Waals surface area contributed by atoms with Crippen LogP contribution in [0, 0.1) is 13.8 Å². The molecule has 5 heteroatoms. The minimum Gasteiger partial charge on any atom is -0.469 e. The lowest BCUT2D eigenvalue weighted by Crippen LogP contribution is -2.09. The fourth-order valence-corrected chi connectivity index (χ4v) is 1.31. The predicted molar refractivity (Wildman–Crippen MR) is 47.6 cm³/mol. The van der Waals surface area contributed by atoms with Crippen molar-refractivity contribution in [3.8, 4) is 0 Å². The molecule has 1 rings (SSSR count). The summed E-state index contributed by atoms with van der Waals surface area (Å²) < 4.78 is 9.32. The molecule has 1 heterocycles. The van der Waals surface area contributed by atoms with Gasteiger partial charge >= 0.3 is 5.97 Å². The van der Waals surface area contributed by atoms with E-state index in [2.05, 4.69) is 9.89 Å². The highest BCUT2D eigenvalue weighted by Crippen LogP contribution is 2.23. The van der Waals surface area contributed by atoms with E-state index in [1.165, 1.54) is 7.11 Å². The van der Waals surface area contributed by atoms with Crippen LogP contribution in [-0.4, -0.2) is 23.3 Å². The van der Waals surface area contributed by atoms with Crippen molar-refractivity contribution in [2.45, 2.75) is 26.4 Å². The molecular weight excluding hydrogens is 186 g/mol. The van der Waals surface area contributed by atoms with E-state index in [9.17, 15) is 9.90 Å². The molecule has 0 aliphatic heterocycles. The highest BCUT2D eigenvalue weighted by atomic mass is 16.5. The van der Waals surface area contributed by atoms with Crippen molar-refractivity contribution < 1.29 is 19.2 Å². The van der Waals surface area contributed by atoms with Crippen LogP contribution in [-0.2, 0) is 9.53 Å². The van der Waals surface area contributed by atoms with Gasteiger partial charge in [0.05, 0.1) is 25.3 Å². The van der Waals surface area contributed by atoms with Crippen molar-refractivity contribution in [3.05, 3.63) is 17.0 Å². The number of esters is 1. The van der Waals surface area contributed by atoms with Gasteiger partial charge in [0.2, 0.25) is 0 Å². The van der Waals surface area contributed by atoms with Crippen LogP contribution >= 0.6 is 0 Å². The molecular formula is C9H13NO4. The molecule has 0 aliphatic carbocycles. The molecule has 0 aromatic carbocycles. The molecule has 1 aromatic heterocycles. The molecule has 0 saturated carbocycles. The quantitative estimate of drug-likeness (QED) is 0.732. The van der Waals surface area contributed by atoms with Crippen LogP contribution in [0.5, 0.6) is 0 Å². The summed E-state index contributed by atoms with van der Waals surface area (Å²) >= 11 is 0. The van der Waals surface area contributed by atoms with Crippen molar-refractivity contribution in [3.63, 3.8) is 0 Å². The molecule has 0 aliphatic rings. The summed E-state index contributed by atoms with van der Waals surface area (Å²) in [4.78, 5) is 10.9. The summed E-state index contributed by atoms with van der Waals surface area (Å²) in [6.45, 7) is 3.40. The van der Waals surface area contributed by atoms with Gasteiger partial charge in [-0.25, -0.2) is 0 Å². The van der Waals surface area contributed by atoms with Gasteiger partial charge in [0, 0.05) is 5.56 Å². The van der Waals surface area contributed by atoms with Crippen molar-refractivity contribution >= 4 is 5.97 Å². The first-order valence-electron chi connectivity index (χ1n) is 4.24. The highest BCUT2D eigenvalue weighted by molar-refractivity contribution is 5.70. The lowest BCUT2D eigenvalue weighted by Gasteiger charge is -2.07. The average molecular weight is 199 g/mol. The van der Waals surface area contributed by atoms with E-state index in [1.54, 1.807) is 13.8 Å². The molecule has 0 saturated heterocycles. The number of aryl methyl sites for hydroxylation is 2. The second-order valence-corrected chi connectivity index (χ2v) is 3.03. The van der Waals surface area contributed by atoms with Gasteiger partial charge in [-0.1, -0.05) is 5.16 Å². The Bertz CT molecular complexity index is 312. The summed E-state index contributed by atoms with van der Waals surface area (Å²) in [6.07, 6.45) is -0.993. The van der Waals surface area contributed by atoms with Crippen LogP contribution in [0.4, 0.5) is 0 Å². The standard InChI is InChI=1S/C9H13NO4/c1-5-9(6(2)14-10-5)7(11)4-8(12)13-3/h7,11H,4H2,1-3H3/t7-/m0/s1. The molecule has 0 radical (unpaired) electrons. The number of hydrogen-bond acceptors (Lipinski definition) is 5. The number of carbonyl (C=O) groups is 1. The predicted octanol–water partition coefficient (Wildman–Crippen LogP) is 0.888. The number of nitrogens with zero attached hydrogens (tertiary/aromatic N) is 1. The second-order valence-electron chi connectivity index (χ2n) is 3.03. The molecule has 0 amide bonds. The molecule has 1 aromatic rings. The second kappa shape index (κ2) is 4.23. The van der Waals surface area contributed by atoms with Crippen molar-refractivity contribution in [2.75, 3.05) is 7.11 Å². The van der Waals surface area contributed by atoms with Crippen molar-refractivity contribution in [1.82, 2.24) is 5.16 Å². The summed E-state index contributed by atoms with van der Waals surface area (Å²) in [5.41, 5.74) is 1.16. The zero-order chi connectivity index (χ0) is 10.7. The van der Waals surface area contributed by atoms with Gasteiger partial charge in [0.15, 0.2) is 0 Å². The molecule has 0 fully saturated rings. The first kappa shape index (κ1) is 10.7. The average Bonchev–Trinajstić information content (AvgIpc) is 2.46. The third-order valence-corrected chi connectivity index (χ3v) is 2.01. The number of methoxy groups -OCH3 is 1. The number of carbonyl (C=O) groups excluding carboxylic acids is 1. The Morgan fingerprint density at radius 1 is 1.64 bits per heavy atom. The van der Waals surface area contributed by atoms with Gasteiger partial charge in [-0.05, 0) is 13.8 Å². The molecule has 14 heavy (non-hydrogen) atoms. The Hall–Kier alpha value is -1.36. The normalized spacial score (nSPS) is 12.6. The van der Waals surface area contributed by atoms with Crippen LogP contribution in [0.3, 0.4) is 0 Å². The smallest absolute Gasteiger partial charge is 0.308 e. The Morgan fingerprint density at radius 3 is 2.71 bits per heavy atom. The van der Waals surface area contributed by atoms with Crippen molar-refractivity contribution in [2.24, 2.45) is 0 Å². The first-order chi connectivity index (χ1) is 6.56. The number of hydrogen-bond donors (Lipinski definition) is 1. The van der Waals surface area contributed by atoms with Crippen LogP contribution in [0.2, 0.25) is 0 Å². The monoisotopic (exact) mass is 199 g/mol. The third-order valence-electron chi connectivity index (χ3n) is 2.01. The van der Waals surface area contributed by atoms with Crippen LogP contribution in [0.15, 0.2) is 4.52 Å². The lowest BCUT2D eigenvalue weighted by molar-refractivity contribution is -0.142. The molecule has 78 valence electrons. The molecule has 5 nitrogen and oxygen atoms in total. The zero-order valence-electron chi connectivity index (χ0n) is 8.40. The lowest BCUT2D eigenvalue weighted by atomic mass is 10.1. The van der Waals surface area contributed by atoms with Crippen molar-refractivity contribution in [1.29, 1.82) is 0 Å². The van der Waals surface area contributed by atoms with Gasteiger partial charge in [-0.2, -0.15) is 0 Å². The van der Waals surface area contributed by atoms with E-state index in [-0.39, 0.29) is 6.42 Å². The minimum atomic E-state index is -0.909. The van der Waals surface area contributed by atoms with E-state index in [0.29, 0.717) is 17.0 Å². The Kier molecular flexibility index (Phi) is 3.24. The van der Waals surface area contributed by atoms with Crippen LogP contribution in [0.1, 0.15) is 29.5 Å². The summed E-state index contributed by atoms with van der Waals surface area (Å²) in [5.74, 6) is 0.0661. The maximum absolute atomic E-state index is 10.9. The minimum absolute atomic E-state index is 0.0839. The summed E-state index contributed by atoms with van der Waals surface area (Å²) in [5, 5.41) is 13.4. The van der Waals surface area contributed by atoms with Gasteiger partial charge in [-0.15, -0.1) is 0 Å². The SMILES string of the molecule is COC(=O)C[C@H](O)c1c(C)noc1C. The number of rotatable bonds is 3. The Labute approximate surface area is 81.7 Å². The number of aliphatic hydroxyl groups is 1.